The van der Waals surface area contributed by atoms with Gasteiger partial charge in [0.2, 0.25) is 0 Å². The first-order chi connectivity index (χ1) is 7.65. The van der Waals surface area contributed by atoms with Crippen LogP contribution in [0.3, 0.4) is 0 Å². The zero-order valence-corrected chi connectivity index (χ0v) is 10.3. The third kappa shape index (κ3) is 1.74. The number of nitrogens with zero attached hydrogens (tertiary/aromatic N) is 3. The number of rotatable bonds is 3. The minimum Gasteiger partial charge on any atom is -0.383 e. The summed E-state index contributed by atoms with van der Waals surface area (Å²) in [5.41, 5.74) is 0.926. The number of ether oxygens (including phenoxy) is 1. The van der Waals surface area contributed by atoms with E-state index in [1.807, 2.05) is 13.8 Å². The normalized spacial score (nSPS) is 11.2. The lowest BCUT2D eigenvalue weighted by molar-refractivity contribution is 0.181. The monoisotopic (exact) mass is 239 g/mol. The predicted octanol–water partition coefficient (Wildman–Crippen LogP) is 1.12. The first kappa shape index (κ1) is 11.2. The number of methoxy groups -OCH3 is 1. The van der Waals surface area contributed by atoms with Crippen molar-refractivity contribution in [1.29, 1.82) is 0 Å². The van der Waals surface area contributed by atoms with Gasteiger partial charge in [-0.15, -0.1) is 16.4 Å². The zero-order chi connectivity index (χ0) is 11.7. The van der Waals surface area contributed by atoms with Gasteiger partial charge in [-0.25, -0.2) is 4.68 Å². The van der Waals surface area contributed by atoms with Gasteiger partial charge in [0, 0.05) is 12.0 Å². The van der Waals surface area contributed by atoms with Crippen LogP contribution in [0.25, 0.3) is 10.2 Å². The average molecular weight is 239 g/mol. The molecule has 86 valence electrons. The molecule has 0 radical (unpaired) electrons. The summed E-state index contributed by atoms with van der Waals surface area (Å²) in [6.07, 6.45) is 0. The van der Waals surface area contributed by atoms with E-state index in [4.69, 9.17) is 4.74 Å². The van der Waals surface area contributed by atoms with E-state index >= 15 is 0 Å². The van der Waals surface area contributed by atoms with Crippen LogP contribution in [-0.4, -0.2) is 28.7 Å². The van der Waals surface area contributed by atoms with Gasteiger partial charge < -0.3 is 4.74 Å². The van der Waals surface area contributed by atoms with E-state index in [-0.39, 0.29) is 5.56 Å². The summed E-state index contributed by atoms with van der Waals surface area (Å²) in [6, 6.07) is 0. The van der Waals surface area contributed by atoms with E-state index in [9.17, 15) is 4.79 Å². The molecule has 2 rings (SSSR count). The molecule has 0 bridgehead atoms. The topological polar surface area (TPSA) is 57.0 Å². The van der Waals surface area contributed by atoms with E-state index in [0.29, 0.717) is 23.4 Å². The molecule has 0 N–H and O–H groups in total. The summed E-state index contributed by atoms with van der Waals surface area (Å²) < 4.78 is 6.28. The molecular formula is C10H13N3O2S. The molecular weight excluding hydrogens is 226 g/mol. The third-order valence-electron chi connectivity index (χ3n) is 2.57. The standard InChI is InChI=1S/C10H13N3O2S/c1-6-7(2)16-9-8(6)10(14)13(12-11-9)4-5-15-3/h4-5H2,1-3H3. The molecule has 5 nitrogen and oxygen atoms in total. The van der Waals surface area contributed by atoms with E-state index in [2.05, 4.69) is 10.3 Å². The van der Waals surface area contributed by atoms with Crippen molar-refractivity contribution >= 4 is 21.6 Å². The molecule has 0 aliphatic heterocycles. The molecule has 0 atom stereocenters. The molecule has 0 spiro atoms. The molecule has 6 heteroatoms. The summed E-state index contributed by atoms with van der Waals surface area (Å²) >= 11 is 1.51. The molecule has 2 heterocycles. The summed E-state index contributed by atoms with van der Waals surface area (Å²) in [4.78, 5) is 13.9. The fourth-order valence-electron chi connectivity index (χ4n) is 1.52. The van der Waals surface area contributed by atoms with Crippen molar-refractivity contribution in [3.63, 3.8) is 0 Å². The third-order valence-corrected chi connectivity index (χ3v) is 3.66. The van der Waals surface area contributed by atoms with E-state index < -0.39 is 0 Å². The molecule has 2 aromatic heterocycles. The Bertz CT molecular complexity index is 573. The van der Waals surface area contributed by atoms with Gasteiger partial charge in [-0.1, -0.05) is 5.21 Å². The van der Waals surface area contributed by atoms with Gasteiger partial charge in [-0.3, -0.25) is 4.79 Å². The molecule has 0 saturated carbocycles. The Balaban J connectivity index is 2.59. The largest absolute Gasteiger partial charge is 0.383 e. The Morgan fingerprint density at radius 3 is 2.88 bits per heavy atom. The van der Waals surface area contributed by atoms with E-state index in [1.165, 1.54) is 16.0 Å². The Morgan fingerprint density at radius 1 is 1.44 bits per heavy atom. The second kappa shape index (κ2) is 4.31. The van der Waals surface area contributed by atoms with Gasteiger partial charge >= 0.3 is 0 Å². The lowest BCUT2D eigenvalue weighted by atomic mass is 10.2. The zero-order valence-electron chi connectivity index (χ0n) is 9.48. The van der Waals surface area contributed by atoms with Crippen molar-refractivity contribution in [2.24, 2.45) is 0 Å². The highest BCUT2D eigenvalue weighted by atomic mass is 32.1. The van der Waals surface area contributed by atoms with Gasteiger partial charge in [0.15, 0.2) is 4.83 Å². The summed E-state index contributed by atoms with van der Waals surface area (Å²) in [6.45, 7) is 4.83. The first-order valence-corrected chi connectivity index (χ1v) is 5.79. The van der Waals surface area contributed by atoms with E-state index in [1.54, 1.807) is 7.11 Å². The smallest absolute Gasteiger partial charge is 0.278 e. The highest BCUT2D eigenvalue weighted by Gasteiger charge is 2.12. The van der Waals surface area contributed by atoms with Crippen molar-refractivity contribution in [3.05, 3.63) is 20.8 Å². The Kier molecular flexibility index (Phi) is 3.02. The molecule has 16 heavy (non-hydrogen) atoms. The van der Waals surface area contributed by atoms with Gasteiger partial charge in [-0.05, 0) is 19.4 Å². The minimum absolute atomic E-state index is 0.0797. The van der Waals surface area contributed by atoms with Gasteiger partial charge in [0.05, 0.1) is 18.5 Å². The van der Waals surface area contributed by atoms with Gasteiger partial charge in [0.25, 0.3) is 5.56 Å². The van der Waals surface area contributed by atoms with Gasteiger partial charge in [0.1, 0.15) is 0 Å². The van der Waals surface area contributed by atoms with Crippen LogP contribution in [0.2, 0.25) is 0 Å². The van der Waals surface area contributed by atoms with Crippen molar-refractivity contribution in [2.75, 3.05) is 13.7 Å². The van der Waals surface area contributed by atoms with Crippen LogP contribution in [0.15, 0.2) is 4.79 Å². The Labute approximate surface area is 96.7 Å². The van der Waals surface area contributed by atoms with Gasteiger partial charge in [-0.2, -0.15) is 0 Å². The maximum Gasteiger partial charge on any atom is 0.278 e. The number of thiophene rings is 1. The van der Waals surface area contributed by atoms with Crippen LogP contribution in [0.5, 0.6) is 0 Å². The number of hydrogen-bond acceptors (Lipinski definition) is 5. The fraction of sp³-hybridized carbons (Fsp3) is 0.500. The molecule has 0 aliphatic rings. The number of aryl methyl sites for hydroxylation is 2. The highest BCUT2D eigenvalue weighted by Crippen LogP contribution is 2.24. The number of fused-ring (bicyclic) bond motifs is 1. The summed E-state index contributed by atoms with van der Waals surface area (Å²) in [5.74, 6) is 0. The minimum atomic E-state index is -0.0797. The Morgan fingerprint density at radius 2 is 2.19 bits per heavy atom. The lowest BCUT2D eigenvalue weighted by Gasteiger charge is -2.01. The number of hydrogen-bond donors (Lipinski definition) is 0. The van der Waals surface area contributed by atoms with Crippen LogP contribution in [-0.2, 0) is 11.3 Å². The van der Waals surface area contributed by atoms with Crippen molar-refractivity contribution < 1.29 is 4.74 Å². The van der Waals surface area contributed by atoms with Crippen LogP contribution in [0, 0.1) is 13.8 Å². The summed E-state index contributed by atoms with van der Waals surface area (Å²) in [5, 5.41) is 8.62. The molecule has 0 fully saturated rings. The number of aromatic nitrogens is 3. The summed E-state index contributed by atoms with van der Waals surface area (Å²) in [7, 11) is 1.59. The van der Waals surface area contributed by atoms with Crippen molar-refractivity contribution in [3.8, 4) is 0 Å². The maximum atomic E-state index is 12.1. The maximum absolute atomic E-state index is 12.1. The van der Waals surface area contributed by atoms with Crippen LogP contribution < -0.4 is 5.56 Å². The SMILES string of the molecule is COCCn1nnc2sc(C)c(C)c2c1=O. The lowest BCUT2D eigenvalue weighted by Crippen LogP contribution is -2.25. The van der Waals surface area contributed by atoms with Crippen molar-refractivity contribution in [2.45, 2.75) is 20.4 Å². The molecule has 0 aliphatic carbocycles. The van der Waals surface area contributed by atoms with Crippen LogP contribution in [0.4, 0.5) is 0 Å². The second-order valence-electron chi connectivity index (χ2n) is 3.57. The quantitative estimate of drug-likeness (QED) is 0.805. The fourth-order valence-corrected chi connectivity index (χ4v) is 2.48. The van der Waals surface area contributed by atoms with E-state index in [0.717, 1.165) is 10.4 Å². The predicted molar refractivity (Wildman–Crippen MR) is 63.0 cm³/mol. The molecule has 0 saturated heterocycles. The molecule has 0 unspecified atom stereocenters. The van der Waals surface area contributed by atoms with Crippen molar-refractivity contribution in [1.82, 2.24) is 15.0 Å². The second-order valence-corrected chi connectivity index (χ2v) is 4.78. The van der Waals surface area contributed by atoms with Crippen LogP contribution in [0.1, 0.15) is 10.4 Å². The average Bonchev–Trinajstić information content (AvgIpc) is 2.55. The first-order valence-electron chi connectivity index (χ1n) is 4.97. The molecule has 0 amide bonds. The van der Waals surface area contributed by atoms with Crippen LogP contribution >= 0.6 is 11.3 Å². The molecule has 0 aromatic carbocycles. The molecule has 2 aromatic rings. The highest BCUT2D eigenvalue weighted by molar-refractivity contribution is 7.18. The Hall–Kier alpha value is -1.27.